The fraction of sp³-hybridized carbons (Fsp3) is 0.459. The standard InChI is InChI=1S/C37H42N8O11S2.Na/c1-17-20(14-45-8-5-37(6-9-45,7-10-45)16-39-29(49)19-13-43(4)22-12-24(47)23(46)11-18(22)28(19)48)27(33(52)53)44-31(51)26(32(44)58-17)41-30(50)25(21-15-57-35(38)40-21)42-56-36(2,3)34(54)55;/h11-13,15,17,26,32H,5-10,14,16H2,1-4H3,(H7-,38,39,40,41,42,46,47,48,49,50,52,53,54,55);/q;+1/t17-,26+,32+,37?,45?;/m0./s1. The summed E-state index contributed by atoms with van der Waals surface area (Å²) in [6, 6.07) is 1.28. The Bertz CT molecular complexity index is 2390. The van der Waals surface area contributed by atoms with E-state index in [9.17, 15) is 49.2 Å². The first-order valence-electron chi connectivity index (χ1n) is 18.4. The number of phenolic OH excluding ortho intramolecular Hbond substituents is 2. The van der Waals surface area contributed by atoms with Gasteiger partial charge in [0, 0.05) is 66.7 Å². The second kappa shape index (κ2) is 16.1. The summed E-state index contributed by atoms with van der Waals surface area (Å²) < 4.78 is 2.15. The molecule has 22 heteroatoms. The number of nitrogens with zero attached hydrogens (tertiary/aromatic N) is 5. The number of nitrogens with one attached hydrogen (secondary N) is 2. The van der Waals surface area contributed by atoms with Crippen LogP contribution in [0.2, 0.25) is 0 Å². The zero-order chi connectivity index (χ0) is 42.1. The number of pyridine rings is 1. The van der Waals surface area contributed by atoms with Crippen LogP contribution in [-0.4, -0.2) is 125 Å². The summed E-state index contributed by atoms with van der Waals surface area (Å²) in [6.07, 6.45) is 3.63. The second-order valence-corrected chi connectivity index (χ2v) is 18.2. The van der Waals surface area contributed by atoms with Crippen molar-refractivity contribution in [2.24, 2.45) is 17.6 Å². The number of nitrogens with two attached hydrogens (primary N) is 1. The zero-order valence-corrected chi connectivity index (χ0v) is 36.6. The summed E-state index contributed by atoms with van der Waals surface area (Å²) in [5, 5.41) is 51.7. The Labute approximate surface area is 367 Å². The smallest absolute Gasteiger partial charge is 0.546 e. The molecule has 0 saturated carbocycles. The Morgan fingerprint density at radius 3 is 2.37 bits per heavy atom. The van der Waals surface area contributed by atoms with Gasteiger partial charge < -0.3 is 55.5 Å². The van der Waals surface area contributed by atoms with Crippen LogP contribution < -0.4 is 56.5 Å². The number of anilines is 1. The number of aromatic hydroxyl groups is 2. The van der Waals surface area contributed by atoms with Gasteiger partial charge in [0.05, 0.1) is 36.5 Å². The van der Waals surface area contributed by atoms with E-state index in [0.29, 0.717) is 48.3 Å². The van der Waals surface area contributed by atoms with Gasteiger partial charge in [-0.2, -0.15) is 0 Å². The number of aryl methyl sites for hydroxylation is 1. The average Bonchev–Trinajstić information content (AvgIpc) is 3.61. The number of phenols is 2. The molecule has 4 fully saturated rings. The minimum absolute atomic E-state index is 0. The van der Waals surface area contributed by atoms with Crippen molar-refractivity contribution in [2.75, 3.05) is 38.5 Å². The van der Waals surface area contributed by atoms with E-state index in [1.54, 1.807) is 11.6 Å². The number of quaternary nitrogens is 1. The Morgan fingerprint density at radius 1 is 1.14 bits per heavy atom. The number of thioether (sulfide) groups is 1. The molecule has 3 aromatic rings. The molecule has 0 spiro atoms. The van der Waals surface area contributed by atoms with Gasteiger partial charge in [-0.25, -0.2) is 9.78 Å². The van der Waals surface area contributed by atoms with Crippen molar-refractivity contribution in [2.45, 2.75) is 62.3 Å². The number of oxime groups is 1. The van der Waals surface area contributed by atoms with E-state index >= 15 is 0 Å². The molecule has 0 aliphatic carbocycles. The van der Waals surface area contributed by atoms with Gasteiger partial charge in [-0.05, 0) is 26.8 Å². The van der Waals surface area contributed by atoms with Crippen LogP contribution in [0.3, 0.4) is 0 Å². The molecular weight excluding hydrogens is 820 g/mol. The Hall–Kier alpha value is -4.67. The van der Waals surface area contributed by atoms with Crippen molar-refractivity contribution >= 4 is 74.5 Å². The monoisotopic (exact) mass is 861 g/mol. The van der Waals surface area contributed by atoms with Crippen LogP contribution in [0.15, 0.2) is 44.9 Å². The topological polar surface area (TPSA) is 279 Å². The van der Waals surface area contributed by atoms with Crippen LogP contribution in [0.25, 0.3) is 10.9 Å². The molecule has 7 N–H and O–H groups in total. The molecule has 308 valence electrons. The van der Waals surface area contributed by atoms with Crippen LogP contribution >= 0.6 is 23.1 Å². The van der Waals surface area contributed by atoms with Gasteiger partial charge >= 0.3 is 35.5 Å². The van der Waals surface area contributed by atoms with Crippen molar-refractivity contribution < 1.29 is 83.3 Å². The van der Waals surface area contributed by atoms with E-state index in [1.807, 2.05) is 6.92 Å². The van der Waals surface area contributed by atoms with Crippen molar-refractivity contribution in [1.29, 1.82) is 0 Å². The molecule has 59 heavy (non-hydrogen) atoms. The molecule has 7 heterocycles. The maximum atomic E-state index is 13.6. The number of thiazole rings is 1. The fourth-order valence-corrected chi connectivity index (χ4v) is 10.1. The number of carbonyl (C=O) groups is 5. The zero-order valence-electron chi connectivity index (χ0n) is 32.9. The maximum absolute atomic E-state index is 13.6. The minimum atomic E-state index is -1.91. The summed E-state index contributed by atoms with van der Waals surface area (Å²) in [6.45, 7) is 7.09. The number of aromatic nitrogens is 2. The quantitative estimate of drug-likeness (QED) is 0.0262. The molecule has 3 atom stereocenters. The molecule has 5 aliphatic rings. The van der Waals surface area contributed by atoms with Crippen LogP contribution in [0, 0.1) is 5.41 Å². The number of fused-ring (bicyclic) bond motifs is 5. The van der Waals surface area contributed by atoms with Crippen molar-refractivity contribution in [3.63, 3.8) is 0 Å². The van der Waals surface area contributed by atoms with Crippen LogP contribution in [0.1, 0.15) is 56.1 Å². The SMILES string of the molecule is C[C@@H]1S[C@@H]2[C@H](NC(=O)/C(=N\OC(C)(C)C(=O)[O-])c3csc(N)n3)C(=O)N2C(C(=O)O)=C1C[N+]12CCC(CNC(=O)c3cn(C)c4cc(O)c(O)cc4c3=O)(CC1)CC2.[Na+]. The molecule has 4 saturated heterocycles. The second-order valence-electron chi connectivity index (χ2n) is 15.9. The largest absolute Gasteiger partial charge is 1.00 e. The van der Waals surface area contributed by atoms with Crippen molar-refractivity contribution in [1.82, 2.24) is 25.1 Å². The molecule has 8 rings (SSSR count). The number of benzene rings is 1. The number of carbonyl (C=O) groups excluding carboxylic acids is 4. The van der Waals surface area contributed by atoms with E-state index in [2.05, 4.69) is 20.8 Å². The molecule has 1 aromatic carbocycles. The number of hydrogen-bond acceptors (Lipinski definition) is 15. The number of nitrogen functional groups attached to an aromatic ring is 1. The Balaban J connectivity index is 0.00000585. The van der Waals surface area contributed by atoms with E-state index in [4.69, 9.17) is 10.6 Å². The first-order valence-corrected chi connectivity index (χ1v) is 20.2. The summed E-state index contributed by atoms with van der Waals surface area (Å²) in [4.78, 5) is 88.4. The maximum Gasteiger partial charge on any atom is 1.00 e. The number of rotatable bonds is 12. The third-order valence-electron chi connectivity index (χ3n) is 11.8. The van der Waals surface area contributed by atoms with Crippen LogP contribution in [-0.2, 0) is 31.1 Å². The molecule has 3 amide bonds. The van der Waals surface area contributed by atoms with Crippen molar-refractivity contribution in [3.05, 3.63) is 56.5 Å². The molecule has 5 aliphatic heterocycles. The van der Waals surface area contributed by atoms with Gasteiger partial charge in [0.25, 0.3) is 17.7 Å². The minimum Gasteiger partial charge on any atom is -0.546 e. The summed E-state index contributed by atoms with van der Waals surface area (Å²) in [5.74, 6) is -5.78. The number of carboxylic acid groups (broad SMARTS) is 2. The molecule has 0 unspecified atom stereocenters. The average molecular weight is 862 g/mol. The third-order valence-corrected chi connectivity index (χ3v) is 13.9. The van der Waals surface area contributed by atoms with Gasteiger partial charge in [0.1, 0.15) is 34.9 Å². The first-order chi connectivity index (χ1) is 27.2. The predicted molar refractivity (Wildman–Crippen MR) is 208 cm³/mol. The Morgan fingerprint density at radius 2 is 1.78 bits per heavy atom. The van der Waals surface area contributed by atoms with Crippen molar-refractivity contribution in [3.8, 4) is 11.5 Å². The number of carboxylic acids is 2. The number of amides is 3. The van der Waals surface area contributed by atoms with E-state index in [1.165, 1.54) is 48.2 Å². The van der Waals surface area contributed by atoms with Crippen LogP contribution in [0.5, 0.6) is 11.5 Å². The molecule has 19 nitrogen and oxygen atoms in total. The number of aliphatic carboxylic acids is 2. The molecule has 2 aromatic heterocycles. The number of β-lactam (4-membered cyclic amide) rings is 1. The summed E-state index contributed by atoms with van der Waals surface area (Å²) >= 11 is 2.35. The van der Waals surface area contributed by atoms with Gasteiger partial charge in [0.15, 0.2) is 27.9 Å². The Kier molecular flexibility index (Phi) is 12.0. The van der Waals surface area contributed by atoms with Gasteiger partial charge in [0.2, 0.25) is 5.43 Å². The summed E-state index contributed by atoms with van der Waals surface area (Å²) in [5.41, 5.74) is 3.38. The molecule has 0 radical (unpaired) electrons. The first kappa shape index (κ1) is 43.9. The van der Waals surface area contributed by atoms with Gasteiger partial charge in [-0.15, -0.1) is 23.1 Å². The number of piperidine rings is 3. The predicted octanol–water partition coefficient (Wildman–Crippen LogP) is -3.20. The third kappa shape index (κ3) is 8.02. The normalized spacial score (nSPS) is 25.2. The molecular formula is C37H42N8NaO11S2+. The van der Waals surface area contributed by atoms with E-state index in [0.717, 1.165) is 36.7 Å². The van der Waals surface area contributed by atoms with E-state index < -0.39 is 63.6 Å². The molecule has 2 bridgehead atoms. The van der Waals surface area contributed by atoms with Gasteiger partial charge in [-0.3, -0.25) is 24.1 Å². The van der Waals surface area contributed by atoms with Gasteiger partial charge in [-0.1, -0.05) is 5.16 Å². The summed E-state index contributed by atoms with van der Waals surface area (Å²) in [7, 11) is 1.63. The van der Waals surface area contributed by atoms with Crippen LogP contribution in [0.4, 0.5) is 5.13 Å². The number of hydrogen-bond donors (Lipinski definition) is 6. The van der Waals surface area contributed by atoms with E-state index in [-0.39, 0.29) is 73.4 Å². The fourth-order valence-electron chi connectivity index (χ4n) is 8.09.